The van der Waals surface area contributed by atoms with Gasteiger partial charge in [-0.05, 0) is 43.3 Å². The predicted molar refractivity (Wildman–Crippen MR) is 142 cm³/mol. The van der Waals surface area contributed by atoms with Crippen LogP contribution in [0.1, 0.15) is 17.4 Å². The maximum atomic E-state index is 13.2. The number of halogens is 1. The molecule has 2 aromatic carbocycles. The van der Waals surface area contributed by atoms with Crippen LogP contribution in [0.3, 0.4) is 0 Å². The number of piperazine rings is 1. The summed E-state index contributed by atoms with van der Waals surface area (Å²) in [5.74, 6) is 0.577. The first-order valence-corrected chi connectivity index (χ1v) is 12.4. The lowest BCUT2D eigenvalue weighted by molar-refractivity contribution is 0.0922. The van der Waals surface area contributed by atoms with Crippen LogP contribution in [0.2, 0.25) is 5.02 Å². The Labute approximate surface area is 215 Å². The van der Waals surface area contributed by atoms with Gasteiger partial charge in [-0.2, -0.15) is 5.10 Å². The molecule has 1 amide bonds. The van der Waals surface area contributed by atoms with Crippen LogP contribution in [0.15, 0.2) is 79.1 Å². The molecule has 184 valence electrons. The van der Waals surface area contributed by atoms with Crippen molar-refractivity contribution in [2.75, 3.05) is 37.6 Å². The zero-order chi connectivity index (χ0) is 24.9. The van der Waals surface area contributed by atoms with Gasteiger partial charge >= 0.3 is 0 Å². The van der Waals surface area contributed by atoms with E-state index in [0.29, 0.717) is 10.7 Å². The van der Waals surface area contributed by atoms with Crippen molar-refractivity contribution < 1.29 is 4.79 Å². The van der Waals surface area contributed by atoms with Crippen molar-refractivity contribution in [2.45, 2.75) is 13.0 Å². The number of nitrogens with zero attached hydrogens (tertiary/aromatic N) is 6. The van der Waals surface area contributed by atoms with E-state index in [1.165, 1.54) is 0 Å². The van der Waals surface area contributed by atoms with Crippen molar-refractivity contribution in [2.24, 2.45) is 0 Å². The molecule has 0 saturated carbocycles. The monoisotopic (exact) mass is 501 g/mol. The maximum absolute atomic E-state index is 13.2. The summed E-state index contributed by atoms with van der Waals surface area (Å²) in [7, 11) is 0. The lowest BCUT2D eigenvalue weighted by atomic mass is 10.1. The fourth-order valence-corrected chi connectivity index (χ4v) is 4.53. The Morgan fingerprint density at radius 2 is 1.67 bits per heavy atom. The molecule has 1 aliphatic heterocycles. The Bertz CT molecular complexity index is 1290. The first-order valence-electron chi connectivity index (χ1n) is 12.0. The molecule has 1 N–H and O–H groups in total. The molecule has 8 nitrogen and oxygen atoms in total. The molecule has 0 radical (unpaired) electrons. The lowest BCUT2D eigenvalue weighted by Crippen LogP contribution is -2.51. The van der Waals surface area contributed by atoms with E-state index < -0.39 is 0 Å². The molecule has 2 aromatic heterocycles. The molecule has 1 fully saturated rings. The molecule has 0 aliphatic carbocycles. The Kier molecular flexibility index (Phi) is 7.25. The van der Waals surface area contributed by atoms with Crippen LogP contribution in [0, 0.1) is 0 Å². The number of carbonyl (C=O) groups excluding carboxylic acids is 1. The van der Waals surface area contributed by atoms with Crippen molar-refractivity contribution >= 4 is 23.5 Å². The third-order valence-corrected chi connectivity index (χ3v) is 6.45. The van der Waals surface area contributed by atoms with Crippen molar-refractivity contribution in [3.05, 3.63) is 89.8 Å². The van der Waals surface area contributed by atoms with Crippen LogP contribution in [-0.4, -0.2) is 69.3 Å². The average molecular weight is 502 g/mol. The van der Waals surface area contributed by atoms with Crippen LogP contribution in [-0.2, 0) is 0 Å². The number of anilines is 1. The van der Waals surface area contributed by atoms with E-state index in [0.717, 1.165) is 55.6 Å². The molecule has 5 rings (SSSR count). The summed E-state index contributed by atoms with van der Waals surface area (Å²) < 4.78 is 1.79. The topological polar surface area (TPSA) is 79.2 Å². The molecule has 9 heteroatoms. The van der Waals surface area contributed by atoms with Gasteiger partial charge in [-0.1, -0.05) is 41.9 Å². The lowest BCUT2D eigenvalue weighted by Gasteiger charge is -2.35. The number of hydrogen-bond acceptors (Lipinski definition) is 6. The van der Waals surface area contributed by atoms with Gasteiger partial charge < -0.3 is 10.2 Å². The molecule has 4 aromatic rings. The van der Waals surface area contributed by atoms with Crippen LogP contribution in [0.25, 0.3) is 16.9 Å². The minimum absolute atomic E-state index is 0.0297. The standard InChI is InChI=1S/C27H28ClN7O/c1-20(19-33-14-16-34(17-15-33)27-29-12-5-13-30-27)31-26(36)24-18-25(21-6-3-2-4-7-21)35(32-24)23-10-8-22(28)9-11-23/h2-13,18,20H,14-17,19H2,1H3,(H,31,36). The first-order chi connectivity index (χ1) is 17.6. The van der Waals surface area contributed by atoms with Gasteiger partial charge in [-0.25, -0.2) is 14.6 Å². The molecule has 1 aliphatic rings. The number of rotatable bonds is 7. The quantitative estimate of drug-likeness (QED) is 0.413. The van der Waals surface area contributed by atoms with E-state index in [1.54, 1.807) is 17.1 Å². The number of carbonyl (C=O) groups is 1. The minimum atomic E-state index is -0.191. The third-order valence-electron chi connectivity index (χ3n) is 6.20. The van der Waals surface area contributed by atoms with Gasteiger partial charge in [0.25, 0.3) is 5.91 Å². The van der Waals surface area contributed by atoms with Gasteiger partial charge in [0.05, 0.1) is 11.4 Å². The second-order valence-corrected chi connectivity index (χ2v) is 9.32. The largest absolute Gasteiger partial charge is 0.347 e. The number of nitrogens with one attached hydrogen (secondary N) is 1. The van der Waals surface area contributed by atoms with E-state index in [-0.39, 0.29) is 11.9 Å². The fraction of sp³-hybridized carbons (Fsp3) is 0.259. The Hall–Kier alpha value is -3.75. The number of amides is 1. The van der Waals surface area contributed by atoms with Gasteiger partial charge in [0, 0.05) is 61.7 Å². The van der Waals surface area contributed by atoms with Gasteiger partial charge in [0.15, 0.2) is 5.69 Å². The summed E-state index contributed by atoms with van der Waals surface area (Å²) in [5, 5.41) is 8.43. The molecule has 36 heavy (non-hydrogen) atoms. The van der Waals surface area contributed by atoms with Crippen molar-refractivity contribution in [3.63, 3.8) is 0 Å². The minimum Gasteiger partial charge on any atom is -0.347 e. The first kappa shape index (κ1) is 24.0. The normalized spacial score (nSPS) is 15.0. The van der Waals surface area contributed by atoms with Crippen LogP contribution in [0.4, 0.5) is 5.95 Å². The predicted octanol–water partition coefficient (Wildman–Crippen LogP) is 3.92. The van der Waals surface area contributed by atoms with Crippen molar-refractivity contribution in [3.8, 4) is 16.9 Å². The summed E-state index contributed by atoms with van der Waals surface area (Å²) in [6, 6.07) is 21.0. The molecule has 1 atom stereocenters. The fourth-order valence-electron chi connectivity index (χ4n) is 4.40. The highest BCUT2D eigenvalue weighted by Gasteiger charge is 2.22. The Morgan fingerprint density at radius 1 is 0.972 bits per heavy atom. The van der Waals surface area contributed by atoms with E-state index in [9.17, 15) is 4.79 Å². The molecule has 3 heterocycles. The van der Waals surface area contributed by atoms with E-state index in [4.69, 9.17) is 11.6 Å². The van der Waals surface area contributed by atoms with Gasteiger partial charge in [0.2, 0.25) is 5.95 Å². The highest BCUT2D eigenvalue weighted by molar-refractivity contribution is 6.30. The van der Waals surface area contributed by atoms with Crippen LogP contribution in [0.5, 0.6) is 0 Å². The summed E-state index contributed by atoms with van der Waals surface area (Å²) in [6.45, 7) is 6.29. The van der Waals surface area contributed by atoms with Crippen molar-refractivity contribution in [1.29, 1.82) is 0 Å². The third kappa shape index (κ3) is 5.56. The Morgan fingerprint density at radius 3 is 2.36 bits per heavy atom. The second-order valence-electron chi connectivity index (χ2n) is 8.88. The molecule has 0 spiro atoms. The van der Waals surface area contributed by atoms with Gasteiger partial charge in [-0.3, -0.25) is 9.69 Å². The molecule has 1 unspecified atom stereocenters. The molecular weight excluding hydrogens is 474 g/mol. The van der Waals surface area contributed by atoms with Gasteiger partial charge in [0.1, 0.15) is 0 Å². The number of hydrogen-bond donors (Lipinski definition) is 1. The zero-order valence-corrected chi connectivity index (χ0v) is 20.8. The molecule has 1 saturated heterocycles. The summed E-state index contributed by atoms with van der Waals surface area (Å²) in [4.78, 5) is 26.4. The Balaban J connectivity index is 1.25. The van der Waals surface area contributed by atoms with E-state index in [2.05, 4.69) is 30.2 Å². The summed E-state index contributed by atoms with van der Waals surface area (Å²) in [6.07, 6.45) is 3.54. The van der Waals surface area contributed by atoms with E-state index >= 15 is 0 Å². The zero-order valence-electron chi connectivity index (χ0n) is 20.1. The number of aromatic nitrogens is 4. The van der Waals surface area contributed by atoms with Crippen LogP contribution < -0.4 is 10.2 Å². The molecule has 0 bridgehead atoms. The molecular formula is C27H28ClN7O. The highest BCUT2D eigenvalue weighted by Crippen LogP contribution is 2.25. The number of benzene rings is 2. The van der Waals surface area contributed by atoms with Crippen molar-refractivity contribution in [1.82, 2.24) is 30.0 Å². The van der Waals surface area contributed by atoms with Crippen LogP contribution >= 0.6 is 11.6 Å². The average Bonchev–Trinajstić information content (AvgIpc) is 3.36. The summed E-state index contributed by atoms with van der Waals surface area (Å²) >= 11 is 6.08. The maximum Gasteiger partial charge on any atom is 0.272 e. The van der Waals surface area contributed by atoms with Gasteiger partial charge in [-0.15, -0.1) is 0 Å². The van der Waals surface area contributed by atoms with E-state index in [1.807, 2.05) is 73.7 Å². The summed E-state index contributed by atoms with van der Waals surface area (Å²) in [5.41, 5.74) is 3.04. The SMILES string of the molecule is CC(CN1CCN(c2ncccn2)CC1)NC(=O)c1cc(-c2ccccc2)n(-c2ccc(Cl)cc2)n1. The second kappa shape index (κ2) is 10.9. The highest BCUT2D eigenvalue weighted by atomic mass is 35.5. The smallest absolute Gasteiger partial charge is 0.272 e.